The summed E-state index contributed by atoms with van der Waals surface area (Å²) in [6.07, 6.45) is 0. The molecule has 0 aromatic heterocycles. The first-order valence-corrected chi connectivity index (χ1v) is 15.0. The maximum absolute atomic E-state index is 4.68. The van der Waals surface area contributed by atoms with E-state index < -0.39 is 0 Å². The molecule has 5 aromatic carbocycles. The lowest BCUT2D eigenvalue weighted by molar-refractivity contribution is 0.590. The van der Waals surface area contributed by atoms with Crippen molar-refractivity contribution in [2.24, 2.45) is 0 Å². The van der Waals surface area contributed by atoms with Gasteiger partial charge in [0.05, 0.1) is 0 Å². The van der Waals surface area contributed by atoms with Crippen LogP contribution in [0.4, 0.5) is 17.1 Å². The van der Waals surface area contributed by atoms with Gasteiger partial charge in [-0.1, -0.05) is 102 Å². The molecule has 0 saturated carbocycles. The van der Waals surface area contributed by atoms with Crippen molar-refractivity contribution < 1.29 is 0 Å². The van der Waals surface area contributed by atoms with Crippen LogP contribution in [0.15, 0.2) is 98.1 Å². The third-order valence-corrected chi connectivity index (χ3v) is 9.61. The Hall–Kier alpha value is -4.36. The fraction of sp³-hybridized carbons (Fsp3) is 0.220. The van der Waals surface area contributed by atoms with Crippen LogP contribution in [0.25, 0.3) is 33.0 Å². The maximum Gasteiger partial charge on any atom is 0.0471 e. The number of hydrogen-bond donors (Lipinski definition) is 0. The molecule has 1 nitrogen and oxygen atoms in total. The summed E-state index contributed by atoms with van der Waals surface area (Å²) < 4.78 is 0. The first-order chi connectivity index (χ1) is 19.9. The Morgan fingerprint density at radius 1 is 0.738 bits per heavy atom. The SMILES string of the molecule is C=C(C)c1ccc(N(c2ccc(C(C)(C)C)cc2)c2cc3c4c(c2)C(C)(C)c2cccc5c(C)cc(c-4c25)C3=C)cc1. The van der Waals surface area contributed by atoms with Gasteiger partial charge in [0, 0.05) is 22.5 Å². The van der Waals surface area contributed by atoms with Crippen LogP contribution in [-0.4, -0.2) is 0 Å². The number of allylic oxidation sites excluding steroid dienone is 1. The van der Waals surface area contributed by atoms with Crippen molar-refractivity contribution in [2.75, 3.05) is 4.90 Å². The van der Waals surface area contributed by atoms with E-state index in [0.717, 1.165) is 33.8 Å². The second-order valence-electron chi connectivity index (χ2n) is 13.8. The molecule has 42 heavy (non-hydrogen) atoms. The Labute approximate surface area is 250 Å². The van der Waals surface area contributed by atoms with E-state index in [1.54, 1.807) is 0 Å². The van der Waals surface area contributed by atoms with Crippen molar-refractivity contribution in [3.63, 3.8) is 0 Å². The minimum absolute atomic E-state index is 0.0919. The summed E-state index contributed by atoms with van der Waals surface area (Å²) in [6, 6.07) is 31.9. The Balaban J connectivity index is 1.50. The molecule has 0 atom stereocenters. The molecule has 0 saturated heterocycles. The summed E-state index contributed by atoms with van der Waals surface area (Å²) in [5, 5.41) is 2.76. The van der Waals surface area contributed by atoms with Gasteiger partial charge in [-0.2, -0.15) is 0 Å². The van der Waals surface area contributed by atoms with Crippen LogP contribution in [-0.2, 0) is 10.8 Å². The fourth-order valence-corrected chi connectivity index (χ4v) is 7.17. The second-order valence-corrected chi connectivity index (χ2v) is 13.8. The van der Waals surface area contributed by atoms with Crippen molar-refractivity contribution in [3.05, 3.63) is 137 Å². The van der Waals surface area contributed by atoms with Crippen LogP contribution < -0.4 is 4.90 Å². The highest BCUT2D eigenvalue weighted by molar-refractivity contribution is 6.16. The van der Waals surface area contributed by atoms with E-state index in [-0.39, 0.29) is 10.8 Å². The minimum Gasteiger partial charge on any atom is -0.310 e. The third-order valence-electron chi connectivity index (χ3n) is 9.61. The van der Waals surface area contributed by atoms with Gasteiger partial charge in [-0.3, -0.25) is 0 Å². The van der Waals surface area contributed by atoms with Crippen LogP contribution in [0.3, 0.4) is 0 Å². The number of rotatable bonds is 4. The van der Waals surface area contributed by atoms with Gasteiger partial charge in [0.2, 0.25) is 0 Å². The summed E-state index contributed by atoms with van der Waals surface area (Å²) in [7, 11) is 0. The molecule has 7 rings (SSSR count). The van der Waals surface area contributed by atoms with Crippen LogP contribution in [0.2, 0.25) is 0 Å². The summed E-state index contributed by atoms with van der Waals surface area (Å²) in [4.78, 5) is 2.40. The monoisotopic (exact) mass is 545 g/mol. The molecular weight excluding hydrogens is 506 g/mol. The molecule has 0 aliphatic heterocycles. The van der Waals surface area contributed by atoms with E-state index >= 15 is 0 Å². The highest BCUT2D eigenvalue weighted by Crippen LogP contribution is 2.59. The van der Waals surface area contributed by atoms with E-state index in [0.29, 0.717) is 0 Å². The molecule has 0 fully saturated rings. The maximum atomic E-state index is 4.68. The third kappa shape index (κ3) is 3.69. The van der Waals surface area contributed by atoms with Crippen LogP contribution in [0, 0.1) is 6.92 Å². The average Bonchev–Trinajstić information content (AvgIpc) is 3.23. The molecule has 0 radical (unpaired) electrons. The summed E-state index contributed by atoms with van der Waals surface area (Å²) in [5.74, 6) is 0. The highest BCUT2D eigenvalue weighted by Gasteiger charge is 2.40. The van der Waals surface area contributed by atoms with Gasteiger partial charge < -0.3 is 4.90 Å². The van der Waals surface area contributed by atoms with E-state index in [9.17, 15) is 0 Å². The largest absolute Gasteiger partial charge is 0.310 e. The number of aryl methyl sites for hydroxylation is 1. The fourth-order valence-electron chi connectivity index (χ4n) is 7.17. The Morgan fingerprint density at radius 2 is 1.36 bits per heavy atom. The molecular formula is C41H39N. The molecule has 1 heteroatoms. The van der Waals surface area contributed by atoms with E-state index in [4.69, 9.17) is 0 Å². The lowest BCUT2D eigenvalue weighted by atomic mass is 9.68. The van der Waals surface area contributed by atoms with Gasteiger partial charge in [-0.05, 0) is 122 Å². The van der Waals surface area contributed by atoms with E-state index in [1.807, 2.05) is 0 Å². The Morgan fingerprint density at radius 3 is 1.98 bits per heavy atom. The molecule has 5 aromatic rings. The van der Waals surface area contributed by atoms with Gasteiger partial charge in [-0.15, -0.1) is 0 Å². The van der Waals surface area contributed by atoms with E-state index in [2.05, 4.69) is 151 Å². The standard InChI is InChI=1S/C41H39N/c1-24(2)27-13-17-29(18-14-27)42(30-19-15-28(16-20-30)40(5,6)7)31-22-34-26(4)33-21-25(3)32-11-10-12-35-37(32)39(33)38(34)36(23-31)41(35,8)9/h10-23H,1,4H2,2-3,5-9H3. The van der Waals surface area contributed by atoms with Crippen LogP contribution >= 0.6 is 0 Å². The highest BCUT2D eigenvalue weighted by atomic mass is 15.1. The predicted molar refractivity (Wildman–Crippen MR) is 182 cm³/mol. The van der Waals surface area contributed by atoms with Crippen LogP contribution in [0.5, 0.6) is 0 Å². The topological polar surface area (TPSA) is 3.24 Å². The molecule has 0 heterocycles. The zero-order valence-electron chi connectivity index (χ0n) is 25.9. The molecule has 0 spiro atoms. The van der Waals surface area contributed by atoms with Gasteiger partial charge >= 0.3 is 0 Å². The quantitative estimate of drug-likeness (QED) is 0.213. The van der Waals surface area contributed by atoms with Crippen molar-refractivity contribution in [2.45, 2.75) is 59.3 Å². The minimum atomic E-state index is -0.159. The zero-order valence-corrected chi connectivity index (χ0v) is 25.9. The Bertz CT molecular complexity index is 1960. The van der Waals surface area contributed by atoms with Crippen molar-refractivity contribution in [1.29, 1.82) is 0 Å². The molecule has 208 valence electrons. The first kappa shape index (κ1) is 26.5. The van der Waals surface area contributed by atoms with Gasteiger partial charge in [-0.25, -0.2) is 0 Å². The summed E-state index contributed by atoms with van der Waals surface area (Å²) >= 11 is 0. The van der Waals surface area contributed by atoms with Crippen LogP contribution in [0.1, 0.15) is 80.5 Å². The van der Waals surface area contributed by atoms with Crippen molar-refractivity contribution >= 4 is 39.0 Å². The molecule has 0 bridgehead atoms. The van der Waals surface area contributed by atoms with Gasteiger partial charge in [0.1, 0.15) is 0 Å². The number of nitrogens with zero attached hydrogens (tertiary/aromatic N) is 1. The first-order valence-electron chi connectivity index (χ1n) is 15.0. The van der Waals surface area contributed by atoms with Crippen molar-refractivity contribution in [3.8, 4) is 11.1 Å². The molecule has 0 unspecified atom stereocenters. The van der Waals surface area contributed by atoms with E-state index in [1.165, 1.54) is 55.3 Å². The molecule has 2 aliphatic rings. The number of anilines is 3. The molecule has 0 amide bonds. The predicted octanol–water partition coefficient (Wildman–Crippen LogP) is 11.6. The lowest BCUT2D eigenvalue weighted by Gasteiger charge is -2.36. The van der Waals surface area contributed by atoms with Crippen molar-refractivity contribution in [1.82, 2.24) is 0 Å². The Kier molecular flexibility index (Phi) is 5.57. The average molecular weight is 546 g/mol. The number of hydrogen-bond acceptors (Lipinski definition) is 1. The summed E-state index contributed by atoms with van der Waals surface area (Å²) in [5.41, 5.74) is 17.4. The molecule has 2 aliphatic carbocycles. The number of benzene rings is 5. The summed E-state index contributed by atoms with van der Waals surface area (Å²) in [6.45, 7) is 24.7. The zero-order chi connectivity index (χ0) is 29.7. The normalized spacial score (nSPS) is 14.4. The van der Waals surface area contributed by atoms with Gasteiger partial charge in [0.25, 0.3) is 0 Å². The smallest absolute Gasteiger partial charge is 0.0471 e. The lowest BCUT2D eigenvalue weighted by Crippen LogP contribution is -2.24. The molecule has 0 N–H and O–H groups in total. The van der Waals surface area contributed by atoms with Gasteiger partial charge in [0.15, 0.2) is 0 Å². The second kappa shape index (κ2) is 8.82.